The van der Waals surface area contributed by atoms with Crippen molar-refractivity contribution in [1.29, 1.82) is 0 Å². The molecule has 0 saturated carbocycles. The predicted octanol–water partition coefficient (Wildman–Crippen LogP) is 2.54. The highest BCUT2D eigenvalue weighted by molar-refractivity contribution is 5.83. The van der Waals surface area contributed by atoms with Crippen LogP contribution in [0.1, 0.15) is 37.3 Å². The maximum atomic E-state index is 12.1. The van der Waals surface area contributed by atoms with Crippen LogP contribution in [0.15, 0.2) is 33.5 Å². The molecule has 0 aliphatic carbocycles. The molecular formula is C18H21NO4. The molecule has 1 N–H and O–H groups in total. The van der Waals surface area contributed by atoms with E-state index in [1.807, 2.05) is 18.2 Å². The minimum atomic E-state index is -0.401. The Morgan fingerprint density at radius 1 is 1.35 bits per heavy atom. The smallest absolute Gasteiger partial charge is 0.336 e. The molecule has 122 valence electrons. The number of aryl methyl sites for hydroxylation is 1. The molecule has 2 heterocycles. The van der Waals surface area contributed by atoms with Crippen LogP contribution in [0.5, 0.6) is 0 Å². The van der Waals surface area contributed by atoms with E-state index in [4.69, 9.17) is 9.15 Å². The Bertz CT molecular complexity index is 759. The Morgan fingerprint density at radius 3 is 2.96 bits per heavy atom. The summed E-state index contributed by atoms with van der Waals surface area (Å²) in [6, 6.07) is 7.29. The lowest BCUT2D eigenvalue weighted by molar-refractivity contribution is -0.130. The molecule has 1 unspecified atom stereocenters. The van der Waals surface area contributed by atoms with Gasteiger partial charge in [0.2, 0.25) is 5.91 Å². The number of amides is 1. The summed E-state index contributed by atoms with van der Waals surface area (Å²) in [6.45, 7) is 3.06. The van der Waals surface area contributed by atoms with Crippen molar-refractivity contribution in [2.75, 3.05) is 6.61 Å². The Hall–Kier alpha value is -2.14. The van der Waals surface area contributed by atoms with Crippen LogP contribution < -0.4 is 10.9 Å². The highest BCUT2D eigenvalue weighted by Gasteiger charge is 2.23. The van der Waals surface area contributed by atoms with E-state index < -0.39 is 5.63 Å². The summed E-state index contributed by atoms with van der Waals surface area (Å²) in [5.41, 5.74) is 2.13. The van der Waals surface area contributed by atoms with Gasteiger partial charge in [0.1, 0.15) is 11.7 Å². The first kappa shape index (κ1) is 15.7. The molecule has 2 aromatic rings. The van der Waals surface area contributed by atoms with E-state index in [-0.39, 0.29) is 12.0 Å². The SMILES string of the molecule is CCCc1ccc2oc(=O)cc(CNC(=O)C3CCCO3)c2c1. The number of nitrogens with one attached hydrogen (secondary N) is 1. The number of rotatable bonds is 5. The Labute approximate surface area is 134 Å². The third-order valence-corrected chi connectivity index (χ3v) is 4.11. The fourth-order valence-electron chi connectivity index (χ4n) is 2.95. The number of ether oxygens (including phenoxy) is 1. The second kappa shape index (κ2) is 6.96. The zero-order valence-corrected chi connectivity index (χ0v) is 13.3. The summed E-state index contributed by atoms with van der Waals surface area (Å²) in [5.74, 6) is -0.117. The summed E-state index contributed by atoms with van der Waals surface area (Å²) >= 11 is 0. The van der Waals surface area contributed by atoms with Crippen molar-refractivity contribution in [3.8, 4) is 0 Å². The van der Waals surface area contributed by atoms with Crippen LogP contribution >= 0.6 is 0 Å². The van der Waals surface area contributed by atoms with Gasteiger partial charge in [-0.1, -0.05) is 19.4 Å². The van der Waals surface area contributed by atoms with Crippen LogP contribution in [0, 0.1) is 0 Å². The van der Waals surface area contributed by atoms with Crippen molar-refractivity contribution in [3.05, 3.63) is 45.8 Å². The molecule has 1 aliphatic rings. The van der Waals surface area contributed by atoms with Gasteiger partial charge in [-0.3, -0.25) is 4.79 Å². The molecule has 0 radical (unpaired) electrons. The molecule has 1 aromatic carbocycles. The van der Waals surface area contributed by atoms with E-state index in [2.05, 4.69) is 12.2 Å². The average molecular weight is 315 g/mol. The van der Waals surface area contributed by atoms with Gasteiger partial charge in [-0.15, -0.1) is 0 Å². The van der Waals surface area contributed by atoms with Crippen molar-refractivity contribution >= 4 is 16.9 Å². The van der Waals surface area contributed by atoms with Crippen molar-refractivity contribution in [3.63, 3.8) is 0 Å². The molecule has 3 rings (SSSR count). The molecular weight excluding hydrogens is 294 g/mol. The van der Waals surface area contributed by atoms with Gasteiger partial charge in [-0.05, 0) is 42.5 Å². The monoisotopic (exact) mass is 315 g/mol. The second-order valence-corrected chi connectivity index (χ2v) is 5.89. The molecule has 1 amide bonds. The zero-order chi connectivity index (χ0) is 16.2. The van der Waals surface area contributed by atoms with Crippen molar-refractivity contribution in [1.82, 2.24) is 5.32 Å². The number of benzene rings is 1. The predicted molar refractivity (Wildman–Crippen MR) is 87.3 cm³/mol. The van der Waals surface area contributed by atoms with E-state index >= 15 is 0 Å². The minimum Gasteiger partial charge on any atom is -0.423 e. The van der Waals surface area contributed by atoms with Crippen LogP contribution in [0.3, 0.4) is 0 Å². The summed E-state index contributed by atoms with van der Waals surface area (Å²) in [6.07, 6.45) is 3.32. The van der Waals surface area contributed by atoms with Crippen LogP contribution in [0.4, 0.5) is 0 Å². The van der Waals surface area contributed by atoms with Crippen molar-refractivity contribution < 1.29 is 13.9 Å². The fourth-order valence-corrected chi connectivity index (χ4v) is 2.95. The quantitative estimate of drug-likeness (QED) is 0.861. The molecule has 1 aliphatic heterocycles. The van der Waals surface area contributed by atoms with Crippen LogP contribution in [-0.2, 0) is 22.5 Å². The zero-order valence-electron chi connectivity index (χ0n) is 13.3. The van der Waals surface area contributed by atoms with Crippen molar-refractivity contribution in [2.45, 2.75) is 45.3 Å². The minimum absolute atomic E-state index is 0.117. The van der Waals surface area contributed by atoms with Gasteiger partial charge in [0.15, 0.2) is 0 Å². The van der Waals surface area contributed by atoms with E-state index in [0.717, 1.165) is 36.6 Å². The number of hydrogen-bond acceptors (Lipinski definition) is 4. The molecule has 0 bridgehead atoms. The van der Waals surface area contributed by atoms with Gasteiger partial charge >= 0.3 is 5.63 Å². The van der Waals surface area contributed by atoms with Gasteiger partial charge in [-0.25, -0.2) is 4.79 Å². The molecule has 23 heavy (non-hydrogen) atoms. The second-order valence-electron chi connectivity index (χ2n) is 5.89. The fraction of sp³-hybridized carbons (Fsp3) is 0.444. The largest absolute Gasteiger partial charge is 0.423 e. The van der Waals surface area contributed by atoms with E-state index in [0.29, 0.717) is 18.7 Å². The summed E-state index contributed by atoms with van der Waals surface area (Å²) < 4.78 is 10.6. The molecule has 0 spiro atoms. The van der Waals surface area contributed by atoms with Gasteiger partial charge in [0.05, 0.1) is 0 Å². The summed E-state index contributed by atoms with van der Waals surface area (Å²) in [5, 5.41) is 3.75. The van der Waals surface area contributed by atoms with E-state index in [1.54, 1.807) is 0 Å². The molecule has 1 fully saturated rings. The van der Waals surface area contributed by atoms with E-state index in [1.165, 1.54) is 11.6 Å². The highest BCUT2D eigenvalue weighted by Crippen LogP contribution is 2.20. The molecule has 5 nitrogen and oxygen atoms in total. The Balaban J connectivity index is 1.84. The first-order chi connectivity index (χ1) is 11.2. The summed E-state index contributed by atoms with van der Waals surface area (Å²) in [7, 11) is 0. The standard InChI is InChI=1S/C18H21NO4/c1-2-4-12-6-7-15-14(9-12)13(10-17(20)23-15)11-19-18(21)16-5-3-8-22-16/h6-7,9-10,16H,2-5,8,11H2,1H3,(H,19,21). The first-order valence-corrected chi connectivity index (χ1v) is 8.12. The topological polar surface area (TPSA) is 68.5 Å². The number of hydrogen-bond donors (Lipinski definition) is 1. The molecule has 1 atom stereocenters. The Morgan fingerprint density at radius 2 is 2.22 bits per heavy atom. The summed E-state index contributed by atoms with van der Waals surface area (Å²) in [4.78, 5) is 23.8. The third kappa shape index (κ3) is 3.62. The third-order valence-electron chi connectivity index (χ3n) is 4.11. The van der Waals surface area contributed by atoms with Crippen molar-refractivity contribution in [2.24, 2.45) is 0 Å². The highest BCUT2D eigenvalue weighted by atomic mass is 16.5. The van der Waals surface area contributed by atoms with Crippen LogP contribution in [-0.4, -0.2) is 18.6 Å². The normalized spacial score (nSPS) is 17.5. The van der Waals surface area contributed by atoms with E-state index in [9.17, 15) is 9.59 Å². The average Bonchev–Trinajstić information content (AvgIpc) is 3.07. The lowest BCUT2D eigenvalue weighted by Gasteiger charge is -2.12. The van der Waals surface area contributed by atoms with Crippen LogP contribution in [0.2, 0.25) is 0 Å². The maximum absolute atomic E-state index is 12.1. The molecule has 5 heteroatoms. The molecule has 1 aromatic heterocycles. The maximum Gasteiger partial charge on any atom is 0.336 e. The van der Waals surface area contributed by atoms with Gasteiger partial charge < -0.3 is 14.5 Å². The van der Waals surface area contributed by atoms with Gasteiger partial charge in [0, 0.05) is 24.6 Å². The Kier molecular flexibility index (Phi) is 4.76. The van der Waals surface area contributed by atoms with Crippen LogP contribution in [0.25, 0.3) is 11.0 Å². The van der Waals surface area contributed by atoms with Gasteiger partial charge in [0.25, 0.3) is 0 Å². The molecule has 1 saturated heterocycles. The number of fused-ring (bicyclic) bond motifs is 1. The van der Waals surface area contributed by atoms with Gasteiger partial charge in [-0.2, -0.15) is 0 Å². The first-order valence-electron chi connectivity index (χ1n) is 8.12. The lowest BCUT2D eigenvalue weighted by atomic mass is 10.0. The lowest BCUT2D eigenvalue weighted by Crippen LogP contribution is -2.33. The number of carbonyl (C=O) groups excluding carboxylic acids is 1. The number of carbonyl (C=O) groups is 1.